The van der Waals surface area contributed by atoms with Crippen LogP contribution in [0.1, 0.15) is 5.69 Å². The number of rotatable bonds is 2. The standard InChI is InChI=1S/C8H14N4S/c1-12-3-7(10-11-12)2-6-4-13-5-8(6)9/h3,6,8H,2,4-5,9H2,1H3. The van der Waals surface area contributed by atoms with Gasteiger partial charge in [-0.05, 0) is 18.1 Å². The van der Waals surface area contributed by atoms with E-state index in [0.29, 0.717) is 12.0 Å². The summed E-state index contributed by atoms with van der Waals surface area (Å²) in [4.78, 5) is 0. The molecule has 0 amide bonds. The third-order valence-electron chi connectivity index (χ3n) is 2.37. The summed E-state index contributed by atoms with van der Waals surface area (Å²) < 4.78 is 1.74. The number of aryl methyl sites for hydroxylation is 1. The monoisotopic (exact) mass is 198 g/mol. The fourth-order valence-electron chi connectivity index (χ4n) is 1.58. The van der Waals surface area contributed by atoms with Crippen LogP contribution in [0.4, 0.5) is 0 Å². The maximum absolute atomic E-state index is 5.96. The summed E-state index contributed by atoms with van der Waals surface area (Å²) in [6.07, 6.45) is 2.94. The molecule has 2 atom stereocenters. The van der Waals surface area contributed by atoms with Crippen molar-refractivity contribution in [2.75, 3.05) is 11.5 Å². The van der Waals surface area contributed by atoms with Crippen LogP contribution in [0.2, 0.25) is 0 Å². The highest BCUT2D eigenvalue weighted by Gasteiger charge is 2.25. The quantitative estimate of drug-likeness (QED) is 0.729. The first-order valence-electron chi connectivity index (χ1n) is 4.44. The molecule has 2 unspecified atom stereocenters. The Bertz CT molecular complexity index is 285. The summed E-state index contributed by atoms with van der Waals surface area (Å²) >= 11 is 1.94. The van der Waals surface area contributed by atoms with Crippen molar-refractivity contribution in [3.8, 4) is 0 Å². The van der Waals surface area contributed by atoms with Crippen molar-refractivity contribution in [3.05, 3.63) is 11.9 Å². The van der Waals surface area contributed by atoms with Crippen LogP contribution in [-0.4, -0.2) is 32.5 Å². The second-order valence-electron chi connectivity index (χ2n) is 3.55. The van der Waals surface area contributed by atoms with Gasteiger partial charge in [-0.15, -0.1) is 5.10 Å². The van der Waals surface area contributed by atoms with E-state index in [0.717, 1.165) is 23.6 Å². The normalized spacial score (nSPS) is 28.2. The van der Waals surface area contributed by atoms with Crippen molar-refractivity contribution in [3.63, 3.8) is 0 Å². The molecule has 5 heteroatoms. The SMILES string of the molecule is Cn1cc(CC2CSCC2N)nn1. The predicted octanol–water partition coefficient (Wildman–Crippen LogP) is 0.0479. The van der Waals surface area contributed by atoms with Crippen LogP contribution in [0.5, 0.6) is 0 Å². The molecule has 0 bridgehead atoms. The molecule has 2 N–H and O–H groups in total. The van der Waals surface area contributed by atoms with E-state index >= 15 is 0 Å². The number of nitrogens with two attached hydrogens (primary N) is 1. The number of nitrogens with zero attached hydrogens (tertiary/aromatic N) is 3. The lowest BCUT2D eigenvalue weighted by Crippen LogP contribution is -2.29. The Hall–Kier alpha value is -0.550. The summed E-state index contributed by atoms with van der Waals surface area (Å²) in [5.41, 5.74) is 7.02. The first-order valence-corrected chi connectivity index (χ1v) is 5.59. The third-order valence-corrected chi connectivity index (χ3v) is 3.65. The van der Waals surface area contributed by atoms with Gasteiger partial charge in [0.05, 0.1) is 5.69 Å². The van der Waals surface area contributed by atoms with Crippen molar-refractivity contribution in [1.29, 1.82) is 0 Å². The fourth-order valence-corrected chi connectivity index (χ4v) is 2.93. The van der Waals surface area contributed by atoms with E-state index in [1.165, 1.54) is 0 Å². The average Bonchev–Trinajstić information content (AvgIpc) is 2.64. The molecule has 2 rings (SSSR count). The smallest absolute Gasteiger partial charge is 0.0830 e. The molecular weight excluding hydrogens is 184 g/mol. The fraction of sp³-hybridized carbons (Fsp3) is 0.750. The van der Waals surface area contributed by atoms with Crippen molar-refractivity contribution >= 4 is 11.8 Å². The minimum atomic E-state index is 0.340. The maximum Gasteiger partial charge on any atom is 0.0830 e. The molecule has 0 aromatic carbocycles. The second kappa shape index (κ2) is 3.67. The Morgan fingerprint density at radius 3 is 3.08 bits per heavy atom. The zero-order chi connectivity index (χ0) is 9.26. The summed E-state index contributed by atoms with van der Waals surface area (Å²) in [6, 6.07) is 0.340. The van der Waals surface area contributed by atoms with Gasteiger partial charge in [-0.25, -0.2) is 0 Å². The average molecular weight is 198 g/mol. The zero-order valence-electron chi connectivity index (χ0n) is 7.68. The predicted molar refractivity (Wildman–Crippen MR) is 53.5 cm³/mol. The van der Waals surface area contributed by atoms with Crippen molar-refractivity contribution in [2.45, 2.75) is 12.5 Å². The highest BCUT2D eigenvalue weighted by atomic mass is 32.2. The molecule has 1 aromatic heterocycles. The molecule has 0 radical (unpaired) electrons. The summed E-state index contributed by atoms with van der Waals surface area (Å²) in [5.74, 6) is 2.84. The molecule has 1 aliphatic rings. The molecular formula is C8H14N4S. The van der Waals surface area contributed by atoms with Gasteiger partial charge in [-0.1, -0.05) is 5.21 Å². The number of hydrogen-bond donors (Lipinski definition) is 1. The second-order valence-corrected chi connectivity index (χ2v) is 4.62. The largest absolute Gasteiger partial charge is 0.327 e. The Balaban J connectivity index is 1.97. The van der Waals surface area contributed by atoms with Crippen LogP contribution in [0.15, 0.2) is 6.20 Å². The van der Waals surface area contributed by atoms with E-state index in [1.807, 2.05) is 25.0 Å². The van der Waals surface area contributed by atoms with Gasteiger partial charge in [-0.3, -0.25) is 4.68 Å². The van der Waals surface area contributed by atoms with E-state index in [2.05, 4.69) is 10.3 Å². The first-order chi connectivity index (χ1) is 6.25. The van der Waals surface area contributed by atoms with E-state index < -0.39 is 0 Å². The Kier molecular flexibility index (Phi) is 2.55. The van der Waals surface area contributed by atoms with Crippen LogP contribution in [-0.2, 0) is 13.5 Å². The molecule has 0 spiro atoms. The lowest BCUT2D eigenvalue weighted by Gasteiger charge is -2.11. The van der Waals surface area contributed by atoms with Crippen LogP contribution in [0.3, 0.4) is 0 Å². The number of hydrogen-bond acceptors (Lipinski definition) is 4. The first kappa shape index (κ1) is 9.02. The van der Waals surface area contributed by atoms with E-state index in [-0.39, 0.29) is 0 Å². The van der Waals surface area contributed by atoms with Crippen LogP contribution >= 0.6 is 11.8 Å². The van der Waals surface area contributed by atoms with Crippen LogP contribution in [0, 0.1) is 5.92 Å². The highest BCUT2D eigenvalue weighted by molar-refractivity contribution is 7.99. The van der Waals surface area contributed by atoms with E-state index in [1.54, 1.807) is 4.68 Å². The highest BCUT2D eigenvalue weighted by Crippen LogP contribution is 2.25. The minimum Gasteiger partial charge on any atom is -0.327 e. The van der Waals surface area contributed by atoms with Crippen LogP contribution in [0.25, 0.3) is 0 Å². The molecule has 13 heavy (non-hydrogen) atoms. The van der Waals surface area contributed by atoms with Crippen LogP contribution < -0.4 is 5.73 Å². The van der Waals surface area contributed by atoms with Gasteiger partial charge in [0.1, 0.15) is 0 Å². The summed E-state index contributed by atoms with van der Waals surface area (Å²) in [5, 5.41) is 7.96. The number of thioether (sulfide) groups is 1. The van der Waals surface area contributed by atoms with Gasteiger partial charge in [0.15, 0.2) is 0 Å². The topological polar surface area (TPSA) is 56.7 Å². The lowest BCUT2D eigenvalue weighted by molar-refractivity contribution is 0.509. The molecule has 0 aliphatic carbocycles. The lowest BCUT2D eigenvalue weighted by atomic mass is 9.99. The minimum absolute atomic E-state index is 0.340. The summed E-state index contributed by atoms with van der Waals surface area (Å²) in [7, 11) is 1.89. The molecule has 0 saturated carbocycles. The van der Waals surface area contributed by atoms with Gasteiger partial charge in [0.2, 0.25) is 0 Å². The zero-order valence-corrected chi connectivity index (χ0v) is 8.50. The molecule has 1 aliphatic heterocycles. The molecule has 1 fully saturated rings. The summed E-state index contributed by atoms with van der Waals surface area (Å²) in [6.45, 7) is 0. The Morgan fingerprint density at radius 1 is 1.69 bits per heavy atom. The van der Waals surface area contributed by atoms with Gasteiger partial charge in [-0.2, -0.15) is 11.8 Å². The maximum atomic E-state index is 5.96. The molecule has 1 saturated heterocycles. The third kappa shape index (κ3) is 2.03. The van der Waals surface area contributed by atoms with E-state index in [4.69, 9.17) is 5.73 Å². The van der Waals surface area contributed by atoms with Gasteiger partial charge >= 0.3 is 0 Å². The van der Waals surface area contributed by atoms with Crippen molar-refractivity contribution < 1.29 is 0 Å². The van der Waals surface area contributed by atoms with Gasteiger partial charge < -0.3 is 5.73 Å². The molecule has 1 aromatic rings. The van der Waals surface area contributed by atoms with Gasteiger partial charge in [0, 0.05) is 25.0 Å². The Morgan fingerprint density at radius 2 is 2.54 bits per heavy atom. The van der Waals surface area contributed by atoms with Crippen molar-refractivity contribution in [1.82, 2.24) is 15.0 Å². The molecule has 72 valence electrons. The molecule has 4 nitrogen and oxygen atoms in total. The van der Waals surface area contributed by atoms with E-state index in [9.17, 15) is 0 Å². The van der Waals surface area contributed by atoms with Crippen molar-refractivity contribution in [2.24, 2.45) is 18.7 Å². The Labute approximate surface area is 81.9 Å². The van der Waals surface area contributed by atoms with Gasteiger partial charge in [0.25, 0.3) is 0 Å². The number of aromatic nitrogens is 3. The molecule has 2 heterocycles.